The predicted molar refractivity (Wildman–Crippen MR) is 83.8 cm³/mol. The summed E-state index contributed by atoms with van der Waals surface area (Å²) in [6.45, 7) is 0. The minimum Gasteiger partial charge on any atom is -0.377 e. The van der Waals surface area contributed by atoms with Crippen molar-refractivity contribution in [1.29, 1.82) is 0 Å². The van der Waals surface area contributed by atoms with E-state index in [0.29, 0.717) is 12.8 Å². The smallest absolute Gasteiger partial charge is 0.151 e. The van der Waals surface area contributed by atoms with Gasteiger partial charge in [-0.15, -0.1) is 0 Å². The van der Waals surface area contributed by atoms with E-state index in [1.807, 2.05) is 5.48 Å². The van der Waals surface area contributed by atoms with Crippen LogP contribution in [-0.2, 0) is 0 Å². The zero-order valence-corrected chi connectivity index (χ0v) is 13.3. The van der Waals surface area contributed by atoms with Gasteiger partial charge in [-0.25, -0.2) is 0 Å². The van der Waals surface area contributed by atoms with E-state index >= 15 is 0 Å². The summed E-state index contributed by atoms with van der Waals surface area (Å²) in [5.41, 5.74) is 1.84. The molecule has 5 heteroatoms. The highest BCUT2D eigenvalue weighted by Crippen LogP contribution is 2.13. The fourth-order valence-electron chi connectivity index (χ4n) is 2.50. The van der Waals surface area contributed by atoms with E-state index in [1.54, 1.807) is 0 Å². The number of unbranched alkanes of at least 4 members (excludes halogenated alkanes) is 11. The highest BCUT2D eigenvalue weighted by atomic mass is 16.5. The second kappa shape index (κ2) is 16.2. The van der Waals surface area contributed by atoms with Crippen molar-refractivity contribution in [2.24, 2.45) is 0 Å². The van der Waals surface area contributed by atoms with Gasteiger partial charge in [0.15, 0.2) is 6.29 Å². The highest BCUT2D eigenvalue weighted by molar-refractivity contribution is 4.51. The second-order valence-corrected chi connectivity index (χ2v) is 5.95. The van der Waals surface area contributed by atoms with Crippen molar-refractivity contribution >= 4 is 0 Å². The zero-order valence-electron chi connectivity index (χ0n) is 13.3. The topological polar surface area (TPSA) is 93.0 Å². The van der Waals surface area contributed by atoms with Crippen molar-refractivity contribution in [2.45, 2.75) is 102 Å². The lowest BCUT2D eigenvalue weighted by Crippen LogP contribution is -2.24. The van der Waals surface area contributed by atoms with Crippen LogP contribution in [0.4, 0.5) is 0 Å². The Morgan fingerprint density at radius 2 is 0.857 bits per heavy atom. The van der Waals surface area contributed by atoms with Gasteiger partial charge in [-0.2, -0.15) is 5.48 Å². The normalized spacial score (nSPS) is 13.0. The molecular weight excluding hydrogens is 270 g/mol. The molecule has 0 spiro atoms. The van der Waals surface area contributed by atoms with E-state index in [0.717, 1.165) is 25.7 Å². The first-order valence-corrected chi connectivity index (χ1v) is 8.60. The number of aliphatic hydroxyl groups is 3. The minimum atomic E-state index is -1.13. The standard InChI is InChI=1S/C16H35NO4/c18-15(17-21)13-11-9-7-5-3-1-2-4-6-8-10-12-14-16(19)20/h15-21H,1-14H2. The van der Waals surface area contributed by atoms with Gasteiger partial charge in [0.1, 0.15) is 6.23 Å². The van der Waals surface area contributed by atoms with Crippen molar-refractivity contribution in [3.63, 3.8) is 0 Å². The fraction of sp³-hybridized carbons (Fsp3) is 1.00. The van der Waals surface area contributed by atoms with Gasteiger partial charge in [0.2, 0.25) is 0 Å². The van der Waals surface area contributed by atoms with Gasteiger partial charge < -0.3 is 20.5 Å². The predicted octanol–water partition coefficient (Wildman–Crippen LogP) is 3.06. The third-order valence-corrected chi connectivity index (χ3v) is 3.84. The summed E-state index contributed by atoms with van der Waals surface area (Å²) in [5.74, 6) is 0. The molecule has 128 valence electrons. The molecule has 1 atom stereocenters. The molecule has 21 heavy (non-hydrogen) atoms. The van der Waals surface area contributed by atoms with Gasteiger partial charge in [0.05, 0.1) is 0 Å². The maximum atomic E-state index is 9.08. The number of aliphatic hydroxyl groups excluding tert-OH is 2. The highest BCUT2D eigenvalue weighted by Gasteiger charge is 2.00. The Kier molecular flexibility index (Phi) is 16.0. The minimum absolute atomic E-state index is 0.505. The molecule has 0 rings (SSSR count). The van der Waals surface area contributed by atoms with Gasteiger partial charge in [-0.1, -0.05) is 64.2 Å². The van der Waals surface area contributed by atoms with E-state index in [4.69, 9.17) is 20.5 Å². The monoisotopic (exact) mass is 305 g/mol. The molecule has 0 aliphatic rings. The molecule has 0 radical (unpaired) electrons. The van der Waals surface area contributed by atoms with Crippen molar-refractivity contribution in [1.82, 2.24) is 5.48 Å². The Morgan fingerprint density at radius 3 is 1.19 bits per heavy atom. The second-order valence-electron chi connectivity index (χ2n) is 5.95. The summed E-state index contributed by atoms with van der Waals surface area (Å²) in [4.78, 5) is 0. The summed E-state index contributed by atoms with van der Waals surface area (Å²) >= 11 is 0. The lowest BCUT2D eigenvalue weighted by atomic mass is 10.0. The number of nitrogens with one attached hydrogen (secondary N) is 1. The summed E-state index contributed by atoms with van der Waals surface area (Å²) in [6, 6.07) is 0. The van der Waals surface area contributed by atoms with Crippen LogP contribution in [0, 0.1) is 0 Å². The molecule has 5 nitrogen and oxygen atoms in total. The van der Waals surface area contributed by atoms with E-state index < -0.39 is 12.5 Å². The molecule has 0 aromatic rings. The molecule has 0 aromatic heterocycles. The molecule has 0 saturated carbocycles. The Hall–Kier alpha value is -0.200. The van der Waals surface area contributed by atoms with Gasteiger partial charge in [0, 0.05) is 0 Å². The Balaban J connectivity index is 2.99. The van der Waals surface area contributed by atoms with Gasteiger partial charge in [-0.3, -0.25) is 0 Å². The van der Waals surface area contributed by atoms with Crippen LogP contribution in [-0.4, -0.2) is 33.0 Å². The first-order valence-electron chi connectivity index (χ1n) is 8.60. The molecule has 0 aromatic carbocycles. The summed E-state index contributed by atoms with van der Waals surface area (Å²) in [6.07, 6.45) is 13.4. The van der Waals surface area contributed by atoms with Crippen LogP contribution in [0.2, 0.25) is 0 Å². The molecule has 0 heterocycles. The van der Waals surface area contributed by atoms with Crippen LogP contribution in [0.1, 0.15) is 89.9 Å². The molecule has 0 fully saturated rings. The van der Waals surface area contributed by atoms with Crippen molar-refractivity contribution in [2.75, 3.05) is 0 Å². The maximum Gasteiger partial charge on any atom is 0.151 e. The third-order valence-electron chi connectivity index (χ3n) is 3.84. The quantitative estimate of drug-likeness (QED) is 0.172. The molecule has 0 bridgehead atoms. The number of rotatable bonds is 16. The number of hydrogen-bond donors (Lipinski definition) is 5. The van der Waals surface area contributed by atoms with Crippen LogP contribution >= 0.6 is 0 Å². The van der Waals surface area contributed by atoms with Crippen LogP contribution in [0.15, 0.2) is 0 Å². The van der Waals surface area contributed by atoms with Gasteiger partial charge >= 0.3 is 0 Å². The Bertz CT molecular complexity index is 203. The lowest BCUT2D eigenvalue weighted by Gasteiger charge is -2.07. The SMILES string of the molecule is ONC(O)CCCCCCCCCCCCCCC(O)O. The van der Waals surface area contributed by atoms with Crippen LogP contribution in [0.25, 0.3) is 0 Å². The first kappa shape index (κ1) is 20.8. The van der Waals surface area contributed by atoms with Crippen LogP contribution in [0.3, 0.4) is 0 Å². The van der Waals surface area contributed by atoms with E-state index in [2.05, 4.69) is 0 Å². The van der Waals surface area contributed by atoms with Crippen LogP contribution in [0.5, 0.6) is 0 Å². The van der Waals surface area contributed by atoms with Crippen molar-refractivity contribution < 1.29 is 20.5 Å². The molecule has 0 aliphatic heterocycles. The lowest BCUT2D eigenvalue weighted by molar-refractivity contribution is -0.0466. The summed E-state index contributed by atoms with van der Waals surface area (Å²) in [7, 11) is 0. The van der Waals surface area contributed by atoms with Crippen molar-refractivity contribution in [3.8, 4) is 0 Å². The fourth-order valence-corrected chi connectivity index (χ4v) is 2.50. The number of hydrogen-bond acceptors (Lipinski definition) is 5. The number of hydroxylamine groups is 1. The van der Waals surface area contributed by atoms with E-state index in [-0.39, 0.29) is 0 Å². The van der Waals surface area contributed by atoms with Crippen molar-refractivity contribution in [3.05, 3.63) is 0 Å². The molecular formula is C16H35NO4. The average molecular weight is 305 g/mol. The van der Waals surface area contributed by atoms with Gasteiger partial charge in [0.25, 0.3) is 0 Å². The first-order chi connectivity index (χ1) is 10.2. The zero-order chi connectivity index (χ0) is 15.8. The molecule has 5 N–H and O–H groups in total. The maximum absolute atomic E-state index is 9.08. The van der Waals surface area contributed by atoms with E-state index in [1.165, 1.54) is 51.4 Å². The Morgan fingerprint density at radius 1 is 0.524 bits per heavy atom. The Labute approximate surface area is 129 Å². The van der Waals surface area contributed by atoms with Crippen LogP contribution < -0.4 is 5.48 Å². The third kappa shape index (κ3) is 17.7. The van der Waals surface area contributed by atoms with E-state index in [9.17, 15) is 0 Å². The summed E-state index contributed by atoms with van der Waals surface area (Å²) < 4.78 is 0. The summed E-state index contributed by atoms with van der Waals surface area (Å²) in [5, 5.41) is 34.9. The molecule has 0 aliphatic carbocycles. The molecule has 0 saturated heterocycles. The largest absolute Gasteiger partial charge is 0.377 e. The average Bonchev–Trinajstić information content (AvgIpc) is 2.46. The molecule has 0 amide bonds. The molecule has 1 unspecified atom stereocenters. The van der Waals surface area contributed by atoms with Gasteiger partial charge in [-0.05, 0) is 25.7 Å².